The largest absolute Gasteiger partial charge is 0.465 e. The molecule has 0 fully saturated rings. The molecule has 4 rings (SSSR count). The van der Waals surface area contributed by atoms with Gasteiger partial charge in [-0.1, -0.05) is 23.7 Å². The number of carbonyl (C=O) groups excluding carboxylic acids is 4. The van der Waals surface area contributed by atoms with Gasteiger partial charge in [0.05, 0.1) is 18.4 Å². The minimum absolute atomic E-state index is 0.150. The van der Waals surface area contributed by atoms with Gasteiger partial charge in [-0.2, -0.15) is 0 Å². The summed E-state index contributed by atoms with van der Waals surface area (Å²) in [6, 6.07) is 12.2. The van der Waals surface area contributed by atoms with E-state index in [0.717, 1.165) is 4.90 Å². The molecular weight excluding hydrogens is 468 g/mol. The first-order valence-electron chi connectivity index (χ1n) is 9.44. The molecule has 2 aromatic carbocycles. The van der Waals surface area contributed by atoms with Gasteiger partial charge in [-0.15, -0.1) is 11.3 Å². The van der Waals surface area contributed by atoms with Gasteiger partial charge in [-0.05, 0) is 36.4 Å². The summed E-state index contributed by atoms with van der Waals surface area (Å²) in [6.07, 6.45) is 1.57. The van der Waals surface area contributed by atoms with Crippen LogP contribution in [0.3, 0.4) is 0 Å². The molecule has 1 aliphatic heterocycles. The zero-order valence-electron chi connectivity index (χ0n) is 17.0. The zero-order valence-corrected chi connectivity index (χ0v) is 18.6. The van der Waals surface area contributed by atoms with Gasteiger partial charge in [0, 0.05) is 22.8 Å². The highest BCUT2D eigenvalue weighted by atomic mass is 35.5. The predicted molar refractivity (Wildman–Crippen MR) is 123 cm³/mol. The number of nitrogens with zero attached hydrogens (tertiary/aromatic N) is 2. The van der Waals surface area contributed by atoms with Crippen molar-refractivity contribution in [1.82, 2.24) is 4.98 Å². The van der Waals surface area contributed by atoms with E-state index in [1.807, 2.05) is 0 Å². The second kappa shape index (κ2) is 9.23. The topological polar surface area (TPSA) is 118 Å². The van der Waals surface area contributed by atoms with Gasteiger partial charge in [-0.25, -0.2) is 14.7 Å². The van der Waals surface area contributed by atoms with Gasteiger partial charge in [0.25, 0.3) is 17.7 Å². The Labute approximate surface area is 196 Å². The number of benzene rings is 2. The summed E-state index contributed by atoms with van der Waals surface area (Å²) in [5.41, 5.74) is 0.877. The van der Waals surface area contributed by atoms with Crippen LogP contribution in [0.4, 0.5) is 16.5 Å². The molecule has 166 valence electrons. The number of anilines is 3. The fourth-order valence-electron chi connectivity index (χ4n) is 3.07. The number of esters is 1. The van der Waals surface area contributed by atoms with E-state index in [1.54, 1.807) is 29.8 Å². The quantitative estimate of drug-likeness (QED) is 0.407. The third kappa shape index (κ3) is 4.47. The number of aromatic nitrogens is 1. The molecule has 3 amide bonds. The highest BCUT2D eigenvalue weighted by molar-refractivity contribution is 7.13. The number of nitrogens with one attached hydrogen (secondary N) is 2. The molecule has 0 aliphatic carbocycles. The van der Waals surface area contributed by atoms with E-state index in [-0.39, 0.29) is 27.9 Å². The number of imide groups is 1. The Hall–Kier alpha value is -4.02. The van der Waals surface area contributed by atoms with Crippen molar-refractivity contribution in [2.24, 2.45) is 0 Å². The van der Waals surface area contributed by atoms with Crippen LogP contribution in [0.2, 0.25) is 0 Å². The Morgan fingerprint density at radius 2 is 1.82 bits per heavy atom. The number of carbonyl (C=O) groups is 4. The lowest BCUT2D eigenvalue weighted by Gasteiger charge is -2.16. The molecule has 0 bridgehead atoms. The molecule has 11 heteroatoms. The van der Waals surface area contributed by atoms with Crippen molar-refractivity contribution in [3.05, 3.63) is 82.0 Å². The lowest BCUT2D eigenvalue weighted by molar-refractivity contribution is -0.120. The first kappa shape index (κ1) is 22.2. The molecule has 1 aromatic heterocycles. The number of halogens is 1. The molecule has 1 aliphatic rings. The normalized spacial score (nSPS) is 13.3. The Bertz CT molecular complexity index is 1310. The molecule has 0 unspecified atom stereocenters. The lowest BCUT2D eigenvalue weighted by atomic mass is 10.2. The summed E-state index contributed by atoms with van der Waals surface area (Å²) in [7, 11) is 1.23. The fourth-order valence-corrected chi connectivity index (χ4v) is 3.81. The van der Waals surface area contributed by atoms with Crippen molar-refractivity contribution >= 4 is 63.1 Å². The fraction of sp³-hybridized carbons (Fsp3) is 0.0455. The summed E-state index contributed by atoms with van der Waals surface area (Å²) in [6.45, 7) is 0. The molecular formula is C22H15ClN4O5S. The lowest BCUT2D eigenvalue weighted by Crippen LogP contribution is -2.32. The minimum atomic E-state index is -0.746. The van der Waals surface area contributed by atoms with Crippen LogP contribution in [0, 0.1) is 0 Å². The van der Waals surface area contributed by atoms with Crippen LogP contribution < -0.4 is 15.5 Å². The van der Waals surface area contributed by atoms with Gasteiger partial charge < -0.3 is 10.1 Å². The van der Waals surface area contributed by atoms with E-state index in [9.17, 15) is 19.2 Å². The summed E-state index contributed by atoms with van der Waals surface area (Å²) >= 11 is 7.45. The van der Waals surface area contributed by atoms with Crippen molar-refractivity contribution in [2.75, 3.05) is 22.6 Å². The van der Waals surface area contributed by atoms with Crippen molar-refractivity contribution in [3.63, 3.8) is 0 Å². The molecule has 9 nitrogen and oxygen atoms in total. The molecule has 2 N–H and O–H groups in total. The van der Waals surface area contributed by atoms with Crippen molar-refractivity contribution < 1.29 is 23.9 Å². The zero-order chi connectivity index (χ0) is 23.5. The van der Waals surface area contributed by atoms with Crippen LogP contribution in [0.15, 0.2) is 70.8 Å². The second-order valence-corrected chi connectivity index (χ2v) is 7.95. The van der Waals surface area contributed by atoms with Gasteiger partial charge in [0.1, 0.15) is 10.7 Å². The molecule has 0 radical (unpaired) electrons. The average molecular weight is 483 g/mol. The molecule has 0 spiro atoms. The maximum Gasteiger partial charge on any atom is 0.337 e. The van der Waals surface area contributed by atoms with Crippen molar-refractivity contribution in [3.8, 4) is 0 Å². The third-order valence-corrected chi connectivity index (χ3v) is 5.64. The molecule has 0 saturated carbocycles. The van der Waals surface area contributed by atoms with Gasteiger partial charge in [0.2, 0.25) is 0 Å². The Morgan fingerprint density at radius 1 is 1.06 bits per heavy atom. The SMILES string of the molecule is COC(=O)c1cccc(N2C(=O)C(Cl)=C(Nc3cccc(C(=O)Nc4nccs4)c3)C2=O)c1. The van der Waals surface area contributed by atoms with Crippen LogP contribution >= 0.6 is 22.9 Å². The molecule has 0 saturated heterocycles. The second-order valence-electron chi connectivity index (χ2n) is 6.67. The third-order valence-electron chi connectivity index (χ3n) is 4.60. The maximum atomic E-state index is 13.0. The number of methoxy groups -OCH3 is 1. The Morgan fingerprint density at radius 3 is 2.55 bits per heavy atom. The maximum absolute atomic E-state index is 13.0. The van der Waals surface area contributed by atoms with Gasteiger partial charge in [-0.3, -0.25) is 19.7 Å². The number of thiazole rings is 1. The van der Waals surface area contributed by atoms with Gasteiger partial charge >= 0.3 is 5.97 Å². The average Bonchev–Trinajstić information content (AvgIpc) is 3.41. The summed E-state index contributed by atoms with van der Waals surface area (Å²) in [4.78, 5) is 54.8. The van der Waals surface area contributed by atoms with Crippen LogP contribution in [-0.4, -0.2) is 35.8 Å². The standard InChI is InChI=1S/C22H15ClN4O5S/c1-32-21(31)13-5-3-7-15(11-13)27-19(29)16(23)17(20(27)30)25-14-6-2-4-12(10-14)18(28)26-22-24-8-9-33-22/h2-11,25H,1H3,(H,24,26,28). The number of hydrogen-bond donors (Lipinski definition) is 2. The number of hydrogen-bond acceptors (Lipinski definition) is 8. The summed E-state index contributed by atoms with van der Waals surface area (Å²) in [5.74, 6) is -2.45. The number of ether oxygens (including phenoxy) is 1. The molecule has 33 heavy (non-hydrogen) atoms. The molecule has 3 aromatic rings. The van der Waals surface area contributed by atoms with Gasteiger partial charge in [0.15, 0.2) is 5.13 Å². The Balaban J connectivity index is 1.56. The first-order chi connectivity index (χ1) is 15.9. The highest BCUT2D eigenvalue weighted by Crippen LogP contribution is 2.31. The molecule has 2 heterocycles. The summed E-state index contributed by atoms with van der Waals surface area (Å²) in [5, 5.41) is 7.36. The van der Waals surface area contributed by atoms with Crippen molar-refractivity contribution in [1.29, 1.82) is 0 Å². The number of amides is 3. The van der Waals surface area contributed by atoms with Crippen molar-refractivity contribution in [2.45, 2.75) is 0 Å². The Kier molecular flexibility index (Phi) is 6.20. The number of rotatable bonds is 6. The van der Waals surface area contributed by atoms with E-state index >= 15 is 0 Å². The van der Waals surface area contributed by atoms with Crippen LogP contribution in [0.5, 0.6) is 0 Å². The predicted octanol–water partition coefficient (Wildman–Crippen LogP) is 3.62. The van der Waals surface area contributed by atoms with E-state index < -0.39 is 17.8 Å². The monoisotopic (exact) mass is 482 g/mol. The van der Waals surface area contributed by atoms with E-state index in [1.165, 1.54) is 48.8 Å². The first-order valence-corrected chi connectivity index (χ1v) is 10.7. The van der Waals surface area contributed by atoms with E-state index in [2.05, 4.69) is 20.4 Å². The smallest absolute Gasteiger partial charge is 0.337 e. The van der Waals surface area contributed by atoms with Crippen LogP contribution in [0.1, 0.15) is 20.7 Å². The molecule has 0 atom stereocenters. The van der Waals surface area contributed by atoms with Crippen LogP contribution in [-0.2, 0) is 14.3 Å². The van der Waals surface area contributed by atoms with Crippen LogP contribution in [0.25, 0.3) is 0 Å². The van der Waals surface area contributed by atoms with E-state index in [4.69, 9.17) is 11.6 Å². The summed E-state index contributed by atoms with van der Waals surface area (Å²) < 4.78 is 4.68. The van der Waals surface area contributed by atoms with E-state index in [0.29, 0.717) is 16.4 Å². The highest BCUT2D eigenvalue weighted by Gasteiger charge is 2.39. The minimum Gasteiger partial charge on any atom is -0.465 e.